The van der Waals surface area contributed by atoms with Gasteiger partial charge in [0.1, 0.15) is 11.6 Å². The van der Waals surface area contributed by atoms with Crippen LogP contribution >= 0.6 is 0 Å². The van der Waals surface area contributed by atoms with E-state index in [1.165, 1.54) is 24.3 Å². The van der Waals surface area contributed by atoms with Gasteiger partial charge >= 0.3 is 6.03 Å². The Labute approximate surface area is 143 Å². The summed E-state index contributed by atoms with van der Waals surface area (Å²) in [5.74, 6) is -1.58. The van der Waals surface area contributed by atoms with Crippen LogP contribution in [0.4, 0.5) is 25.0 Å². The van der Waals surface area contributed by atoms with Crippen LogP contribution in [0.3, 0.4) is 0 Å². The Morgan fingerprint density at radius 2 is 1.80 bits per heavy atom. The molecule has 2 aromatic carbocycles. The van der Waals surface area contributed by atoms with E-state index in [4.69, 9.17) is 0 Å². The van der Waals surface area contributed by atoms with Crippen molar-refractivity contribution in [2.75, 3.05) is 23.3 Å². The Morgan fingerprint density at radius 1 is 1.04 bits per heavy atom. The predicted octanol–water partition coefficient (Wildman–Crippen LogP) is 3.07. The zero-order chi connectivity index (χ0) is 17.8. The quantitative estimate of drug-likeness (QED) is 0.899. The molecule has 2 aromatic rings. The number of hydrogen-bond donors (Lipinski definition) is 2. The molecule has 0 aromatic heterocycles. The summed E-state index contributed by atoms with van der Waals surface area (Å²) < 4.78 is 27.6. The molecule has 7 heteroatoms. The number of urea groups is 1. The van der Waals surface area contributed by atoms with Gasteiger partial charge in [-0.1, -0.05) is 24.3 Å². The van der Waals surface area contributed by atoms with Crippen LogP contribution in [0.25, 0.3) is 0 Å². The van der Waals surface area contributed by atoms with Gasteiger partial charge in [-0.25, -0.2) is 13.6 Å². The van der Waals surface area contributed by atoms with Crippen LogP contribution in [-0.4, -0.2) is 25.0 Å². The van der Waals surface area contributed by atoms with Crippen LogP contribution in [0.1, 0.15) is 12.0 Å². The maximum absolute atomic E-state index is 14.1. The van der Waals surface area contributed by atoms with Crippen molar-refractivity contribution in [3.05, 3.63) is 59.7 Å². The number of aryl methyl sites for hydroxylation is 1. The van der Waals surface area contributed by atoms with Gasteiger partial charge in [-0.3, -0.25) is 10.1 Å². The number of hydrogen-bond acceptors (Lipinski definition) is 3. The average molecular weight is 345 g/mol. The topological polar surface area (TPSA) is 61.4 Å². The second-order valence-electron chi connectivity index (χ2n) is 5.75. The van der Waals surface area contributed by atoms with Crippen molar-refractivity contribution < 1.29 is 18.4 Å². The summed E-state index contributed by atoms with van der Waals surface area (Å²) in [6, 6.07) is 9.62. The van der Waals surface area contributed by atoms with Crippen molar-refractivity contribution in [3.63, 3.8) is 0 Å². The maximum atomic E-state index is 14.1. The van der Waals surface area contributed by atoms with E-state index < -0.39 is 17.8 Å². The number of imide groups is 1. The third-order valence-electron chi connectivity index (χ3n) is 3.97. The van der Waals surface area contributed by atoms with Crippen LogP contribution in [0.2, 0.25) is 0 Å². The molecule has 130 valence electrons. The van der Waals surface area contributed by atoms with E-state index in [9.17, 15) is 18.4 Å². The smallest absolute Gasteiger partial charge is 0.326 e. The van der Waals surface area contributed by atoms with E-state index in [-0.39, 0.29) is 18.0 Å². The number of carbonyl (C=O) groups is 2. The van der Waals surface area contributed by atoms with Gasteiger partial charge in [0.15, 0.2) is 0 Å². The van der Waals surface area contributed by atoms with Gasteiger partial charge in [0, 0.05) is 6.54 Å². The summed E-state index contributed by atoms with van der Waals surface area (Å²) in [6.07, 6.45) is 1.55. The van der Waals surface area contributed by atoms with Gasteiger partial charge < -0.3 is 10.2 Å². The van der Waals surface area contributed by atoms with E-state index in [0.29, 0.717) is 12.2 Å². The highest BCUT2D eigenvalue weighted by Crippen LogP contribution is 2.29. The highest BCUT2D eigenvalue weighted by atomic mass is 19.1. The lowest BCUT2D eigenvalue weighted by Crippen LogP contribution is -2.43. The zero-order valence-electron chi connectivity index (χ0n) is 13.4. The van der Waals surface area contributed by atoms with Gasteiger partial charge in [0.05, 0.1) is 17.9 Å². The first kappa shape index (κ1) is 16.9. The number of rotatable bonds is 3. The fraction of sp³-hybridized carbons (Fsp3) is 0.222. The number of fused-ring (bicyclic) bond motifs is 1. The molecule has 1 aliphatic rings. The number of para-hydroxylation sites is 2. The molecule has 0 bridgehead atoms. The number of amides is 3. The second kappa shape index (κ2) is 7.29. The molecule has 0 fully saturated rings. The monoisotopic (exact) mass is 345 g/mol. The van der Waals surface area contributed by atoms with Gasteiger partial charge in [-0.2, -0.15) is 0 Å². The summed E-state index contributed by atoms with van der Waals surface area (Å²) in [5.41, 5.74) is 1.22. The molecule has 1 aliphatic heterocycles. The SMILES string of the molecule is O=C(CN1CCCc2cccc(F)c21)NC(=O)Nc1ccccc1F. The van der Waals surface area contributed by atoms with Gasteiger partial charge in [0.2, 0.25) is 5.91 Å². The minimum absolute atomic E-state index is 0.0258. The van der Waals surface area contributed by atoms with Crippen molar-refractivity contribution >= 4 is 23.3 Å². The fourth-order valence-electron chi connectivity index (χ4n) is 2.90. The van der Waals surface area contributed by atoms with Crippen LogP contribution in [0.5, 0.6) is 0 Å². The third-order valence-corrected chi connectivity index (χ3v) is 3.97. The molecular formula is C18H17F2N3O2. The lowest BCUT2D eigenvalue weighted by molar-refractivity contribution is -0.118. The molecular weight excluding hydrogens is 328 g/mol. The lowest BCUT2D eigenvalue weighted by atomic mass is 10.0. The molecule has 2 N–H and O–H groups in total. The summed E-state index contributed by atoms with van der Waals surface area (Å²) in [4.78, 5) is 25.5. The highest BCUT2D eigenvalue weighted by molar-refractivity contribution is 6.02. The summed E-state index contributed by atoms with van der Waals surface area (Å²) in [5, 5.41) is 4.40. The van der Waals surface area contributed by atoms with Crippen LogP contribution in [0.15, 0.2) is 42.5 Å². The van der Waals surface area contributed by atoms with E-state index in [1.807, 2.05) is 6.07 Å². The Morgan fingerprint density at radius 3 is 2.60 bits per heavy atom. The standard InChI is InChI=1S/C18H17F2N3O2/c19-13-7-1-2-9-15(13)21-18(25)22-16(24)11-23-10-4-6-12-5-3-8-14(20)17(12)23/h1-3,5,7-9H,4,6,10-11H2,(H2,21,22,24,25). The van der Waals surface area contributed by atoms with Gasteiger partial charge in [-0.15, -0.1) is 0 Å². The Balaban J connectivity index is 1.62. The number of anilines is 2. The van der Waals surface area contributed by atoms with Crippen molar-refractivity contribution in [1.82, 2.24) is 5.32 Å². The molecule has 0 atom stereocenters. The summed E-state index contributed by atoms with van der Waals surface area (Å²) >= 11 is 0. The number of nitrogens with zero attached hydrogens (tertiary/aromatic N) is 1. The number of nitrogens with one attached hydrogen (secondary N) is 2. The zero-order valence-corrected chi connectivity index (χ0v) is 13.4. The second-order valence-corrected chi connectivity index (χ2v) is 5.75. The van der Waals surface area contributed by atoms with E-state index in [0.717, 1.165) is 18.4 Å². The largest absolute Gasteiger partial charge is 0.360 e. The lowest BCUT2D eigenvalue weighted by Gasteiger charge is -2.30. The first-order chi connectivity index (χ1) is 12.0. The maximum Gasteiger partial charge on any atom is 0.326 e. The van der Waals surface area contributed by atoms with Gasteiger partial charge in [0.25, 0.3) is 0 Å². The molecule has 0 aliphatic carbocycles. The Bertz CT molecular complexity index is 811. The number of carbonyl (C=O) groups excluding carboxylic acids is 2. The van der Waals surface area contributed by atoms with Gasteiger partial charge in [-0.05, 0) is 36.6 Å². The summed E-state index contributed by atoms with van der Waals surface area (Å²) in [7, 11) is 0. The normalized spacial score (nSPS) is 13.1. The number of halogens is 2. The minimum atomic E-state index is -0.833. The third kappa shape index (κ3) is 3.93. The molecule has 0 saturated carbocycles. The minimum Gasteiger partial charge on any atom is -0.360 e. The molecule has 0 unspecified atom stereocenters. The average Bonchev–Trinajstić information content (AvgIpc) is 2.57. The van der Waals surface area contributed by atoms with Crippen molar-refractivity contribution in [3.8, 4) is 0 Å². The predicted molar refractivity (Wildman–Crippen MR) is 90.5 cm³/mol. The first-order valence-corrected chi connectivity index (χ1v) is 7.92. The molecule has 3 amide bonds. The Kier molecular flexibility index (Phi) is 4.92. The molecule has 0 spiro atoms. The molecule has 1 heterocycles. The van der Waals surface area contributed by atoms with Crippen LogP contribution in [0, 0.1) is 11.6 Å². The number of benzene rings is 2. The van der Waals surface area contributed by atoms with E-state index >= 15 is 0 Å². The fourth-order valence-corrected chi connectivity index (χ4v) is 2.90. The molecule has 25 heavy (non-hydrogen) atoms. The van der Waals surface area contributed by atoms with Crippen LogP contribution in [-0.2, 0) is 11.2 Å². The van der Waals surface area contributed by atoms with Crippen molar-refractivity contribution in [1.29, 1.82) is 0 Å². The summed E-state index contributed by atoms with van der Waals surface area (Å²) in [6.45, 7) is 0.370. The van der Waals surface area contributed by atoms with E-state index in [2.05, 4.69) is 10.6 Å². The molecule has 0 saturated heterocycles. The molecule has 0 radical (unpaired) electrons. The van der Waals surface area contributed by atoms with Crippen LogP contribution < -0.4 is 15.5 Å². The first-order valence-electron chi connectivity index (χ1n) is 7.92. The van der Waals surface area contributed by atoms with Crippen molar-refractivity contribution in [2.45, 2.75) is 12.8 Å². The Hall–Kier alpha value is -2.96. The van der Waals surface area contributed by atoms with E-state index in [1.54, 1.807) is 17.0 Å². The molecule has 5 nitrogen and oxygen atoms in total. The van der Waals surface area contributed by atoms with Crippen molar-refractivity contribution in [2.24, 2.45) is 0 Å². The highest BCUT2D eigenvalue weighted by Gasteiger charge is 2.23. The molecule has 3 rings (SSSR count).